The fraction of sp³-hybridized carbons (Fsp3) is 0.385. The summed E-state index contributed by atoms with van der Waals surface area (Å²) in [6, 6.07) is 2.14. The minimum atomic E-state index is -4.16. The van der Waals surface area contributed by atoms with Crippen molar-refractivity contribution >= 4 is 33.6 Å². The lowest BCUT2D eigenvalue weighted by Crippen LogP contribution is -2.44. The summed E-state index contributed by atoms with van der Waals surface area (Å²) in [7, 11) is -3.01. The molecule has 0 amide bonds. The normalized spacial score (nSPS) is 13.0. The van der Waals surface area contributed by atoms with Crippen LogP contribution in [-0.2, 0) is 19.6 Å². The predicted octanol–water partition coefficient (Wildman–Crippen LogP) is 1.51. The second-order valence-electron chi connectivity index (χ2n) is 4.85. The van der Waals surface area contributed by atoms with E-state index in [-0.39, 0.29) is 15.5 Å². The largest absolute Gasteiger partial charge is 0.480 e. The van der Waals surface area contributed by atoms with Crippen LogP contribution in [0.3, 0.4) is 0 Å². The van der Waals surface area contributed by atoms with E-state index in [1.165, 1.54) is 6.07 Å². The number of aliphatic carboxylic acids is 1. The summed E-state index contributed by atoms with van der Waals surface area (Å²) in [5, 5.41) is 9.08. The van der Waals surface area contributed by atoms with Gasteiger partial charge in [-0.15, -0.1) is 0 Å². The van der Waals surface area contributed by atoms with Crippen molar-refractivity contribution in [3.8, 4) is 0 Å². The zero-order valence-electron chi connectivity index (χ0n) is 12.2. The molecule has 9 heteroatoms. The molecule has 0 unspecified atom stereocenters. The van der Waals surface area contributed by atoms with E-state index in [0.717, 1.165) is 19.2 Å². The molecule has 0 radical (unpaired) electrons. The lowest BCUT2D eigenvalue weighted by Gasteiger charge is -2.18. The number of carboxylic acids is 1. The van der Waals surface area contributed by atoms with E-state index in [2.05, 4.69) is 9.46 Å². The molecule has 0 saturated carbocycles. The van der Waals surface area contributed by atoms with E-state index in [1.807, 2.05) is 0 Å². The average molecular weight is 350 g/mol. The van der Waals surface area contributed by atoms with E-state index >= 15 is 0 Å². The van der Waals surface area contributed by atoms with Crippen LogP contribution in [0.4, 0.5) is 0 Å². The molecule has 0 fully saturated rings. The summed E-state index contributed by atoms with van der Waals surface area (Å²) >= 11 is 5.80. The molecule has 1 aromatic carbocycles. The number of ether oxygens (including phenoxy) is 1. The van der Waals surface area contributed by atoms with Crippen LogP contribution in [0.2, 0.25) is 5.02 Å². The maximum absolute atomic E-state index is 12.3. The van der Waals surface area contributed by atoms with Crippen molar-refractivity contribution < 1.29 is 27.9 Å². The first-order valence-electron chi connectivity index (χ1n) is 6.22. The Balaban J connectivity index is 3.25. The highest BCUT2D eigenvalue weighted by atomic mass is 35.5. The SMILES string of the molecule is COC(=O)c1cc(Cl)cc(S(=O)(=O)N[C@H](C(=O)O)C(C)C)c1. The number of rotatable bonds is 6. The fourth-order valence-electron chi connectivity index (χ4n) is 1.66. The second kappa shape index (κ2) is 7.08. The third-order valence-electron chi connectivity index (χ3n) is 2.82. The molecule has 0 heterocycles. The molecule has 1 atom stereocenters. The summed E-state index contributed by atoms with van der Waals surface area (Å²) in [6.45, 7) is 3.14. The van der Waals surface area contributed by atoms with Crippen LogP contribution < -0.4 is 4.72 Å². The third-order valence-corrected chi connectivity index (χ3v) is 4.46. The van der Waals surface area contributed by atoms with Gasteiger partial charge < -0.3 is 9.84 Å². The molecule has 7 nitrogen and oxygen atoms in total. The molecule has 122 valence electrons. The van der Waals surface area contributed by atoms with Gasteiger partial charge in [-0.1, -0.05) is 25.4 Å². The summed E-state index contributed by atoms with van der Waals surface area (Å²) in [6.07, 6.45) is 0. The standard InChI is InChI=1S/C13H16ClNO6S/c1-7(2)11(12(16)17)15-22(19,20)10-5-8(13(18)21-3)4-9(14)6-10/h4-7,11,15H,1-3H3,(H,16,17)/t11-/m0/s1. The predicted molar refractivity (Wildman–Crippen MR) is 79.4 cm³/mol. The first-order chi connectivity index (χ1) is 10.1. The van der Waals surface area contributed by atoms with Gasteiger partial charge in [0.2, 0.25) is 10.0 Å². The summed E-state index contributed by atoms with van der Waals surface area (Å²) in [5.74, 6) is -2.52. The van der Waals surface area contributed by atoms with Crippen LogP contribution in [-0.4, -0.2) is 38.6 Å². The molecular formula is C13H16ClNO6S. The van der Waals surface area contributed by atoms with Crippen molar-refractivity contribution in [1.82, 2.24) is 4.72 Å². The highest BCUT2D eigenvalue weighted by molar-refractivity contribution is 7.89. The van der Waals surface area contributed by atoms with Gasteiger partial charge in [-0.05, 0) is 24.1 Å². The van der Waals surface area contributed by atoms with Gasteiger partial charge in [0.05, 0.1) is 17.6 Å². The number of carboxylic acid groups (broad SMARTS) is 1. The number of carbonyl (C=O) groups is 2. The van der Waals surface area contributed by atoms with E-state index < -0.39 is 33.9 Å². The van der Waals surface area contributed by atoms with Gasteiger partial charge in [0.1, 0.15) is 6.04 Å². The van der Waals surface area contributed by atoms with Gasteiger partial charge in [-0.3, -0.25) is 4.79 Å². The smallest absolute Gasteiger partial charge is 0.337 e. The summed E-state index contributed by atoms with van der Waals surface area (Å²) in [4.78, 5) is 22.3. The van der Waals surface area contributed by atoms with Crippen LogP contribution in [0.5, 0.6) is 0 Å². The molecule has 0 spiro atoms. The van der Waals surface area contributed by atoms with Gasteiger partial charge in [0.25, 0.3) is 0 Å². The second-order valence-corrected chi connectivity index (χ2v) is 7.00. The van der Waals surface area contributed by atoms with E-state index in [9.17, 15) is 18.0 Å². The van der Waals surface area contributed by atoms with Gasteiger partial charge in [0.15, 0.2) is 0 Å². The number of benzene rings is 1. The van der Waals surface area contributed by atoms with Crippen molar-refractivity contribution in [2.45, 2.75) is 24.8 Å². The minimum Gasteiger partial charge on any atom is -0.480 e. The third kappa shape index (κ3) is 4.43. The Hall–Kier alpha value is -1.64. The van der Waals surface area contributed by atoms with Crippen LogP contribution in [0.25, 0.3) is 0 Å². The number of nitrogens with one attached hydrogen (secondary N) is 1. The van der Waals surface area contributed by atoms with E-state index in [4.69, 9.17) is 16.7 Å². The maximum Gasteiger partial charge on any atom is 0.337 e. The lowest BCUT2D eigenvalue weighted by atomic mass is 10.1. The molecule has 0 aliphatic carbocycles. The maximum atomic E-state index is 12.3. The van der Waals surface area contributed by atoms with Crippen molar-refractivity contribution in [1.29, 1.82) is 0 Å². The van der Waals surface area contributed by atoms with Crippen LogP contribution in [0.1, 0.15) is 24.2 Å². The van der Waals surface area contributed by atoms with E-state index in [0.29, 0.717) is 0 Å². The Bertz CT molecular complexity index is 686. The van der Waals surface area contributed by atoms with Crippen LogP contribution in [0.15, 0.2) is 23.1 Å². The summed E-state index contributed by atoms with van der Waals surface area (Å²) < 4.78 is 31.2. The number of methoxy groups -OCH3 is 1. The van der Waals surface area contributed by atoms with Crippen molar-refractivity contribution in [2.24, 2.45) is 5.92 Å². The molecule has 1 aromatic rings. The molecular weight excluding hydrogens is 334 g/mol. The molecule has 22 heavy (non-hydrogen) atoms. The van der Waals surface area contributed by atoms with Crippen molar-refractivity contribution in [2.75, 3.05) is 7.11 Å². The summed E-state index contributed by atoms with van der Waals surface area (Å²) in [5.41, 5.74) is -0.0493. The quantitative estimate of drug-likeness (QED) is 0.753. The molecule has 2 N–H and O–H groups in total. The first-order valence-corrected chi connectivity index (χ1v) is 8.08. The number of halogens is 1. The van der Waals surface area contributed by atoms with Gasteiger partial charge >= 0.3 is 11.9 Å². The number of hydrogen-bond acceptors (Lipinski definition) is 5. The van der Waals surface area contributed by atoms with E-state index in [1.54, 1.807) is 13.8 Å². The number of hydrogen-bond donors (Lipinski definition) is 2. The first kappa shape index (κ1) is 18.4. The van der Waals surface area contributed by atoms with Crippen molar-refractivity contribution in [3.05, 3.63) is 28.8 Å². The highest BCUT2D eigenvalue weighted by Gasteiger charge is 2.28. The van der Waals surface area contributed by atoms with Gasteiger partial charge in [0, 0.05) is 5.02 Å². The van der Waals surface area contributed by atoms with Crippen LogP contribution >= 0.6 is 11.6 Å². The zero-order chi connectivity index (χ0) is 17.1. The number of carbonyl (C=O) groups excluding carboxylic acids is 1. The molecule has 0 saturated heterocycles. The Morgan fingerprint density at radius 1 is 1.27 bits per heavy atom. The number of sulfonamides is 1. The topological polar surface area (TPSA) is 110 Å². The van der Waals surface area contributed by atoms with Crippen molar-refractivity contribution in [3.63, 3.8) is 0 Å². The molecule has 1 rings (SSSR count). The Labute approximate surface area is 133 Å². The number of esters is 1. The van der Waals surface area contributed by atoms with Crippen LogP contribution in [0, 0.1) is 5.92 Å². The molecule has 0 aliphatic rings. The Kier molecular flexibility index (Phi) is 5.92. The molecule has 0 bridgehead atoms. The van der Waals surface area contributed by atoms with Gasteiger partial charge in [-0.25, -0.2) is 13.2 Å². The Morgan fingerprint density at radius 3 is 2.32 bits per heavy atom. The zero-order valence-corrected chi connectivity index (χ0v) is 13.7. The monoisotopic (exact) mass is 349 g/mol. The Morgan fingerprint density at radius 2 is 1.86 bits per heavy atom. The lowest BCUT2D eigenvalue weighted by molar-refractivity contribution is -0.140. The molecule has 0 aromatic heterocycles. The minimum absolute atomic E-state index is 0.0136. The highest BCUT2D eigenvalue weighted by Crippen LogP contribution is 2.20. The van der Waals surface area contributed by atoms with Gasteiger partial charge in [-0.2, -0.15) is 4.72 Å². The fourth-order valence-corrected chi connectivity index (χ4v) is 3.37. The molecule has 0 aliphatic heterocycles. The average Bonchev–Trinajstić information content (AvgIpc) is 2.42.